The summed E-state index contributed by atoms with van der Waals surface area (Å²) in [5.41, 5.74) is 2.29. The van der Waals surface area contributed by atoms with E-state index in [0.29, 0.717) is 5.92 Å². The fourth-order valence-corrected chi connectivity index (χ4v) is 2.19. The van der Waals surface area contributed by atoms with Crippen molar-refractivity contribution in [3.8, 4) is 0 Å². The summed E-state index contributed by atoms with van der Waals surface area (Å²) in [7, 11) is 0. The van der Waals surface area contributed by atoms with Gasteiger partial charge in [-0.2, -0.15) is 5.10 Å². The van der Waals surface area contributed by atoms with E-state index in [1.165, 1.54) is 5.69 Å². The van der Waals surface area contributed by atoms with Gasteiger partial charge in [0, 0.05) is 18.7 Å². The second-order valence-electron chi connectivity index (χ2n) is 4.83. The highest BCUT2D eigenvalue weighted by atomic mass is 16.3. The minimum Gasteiger partial charge on any atom is -0.392 e. The number of nitrogens with zero attached hydrogens (tertiary/aromatic N) is 2. The Balaban J connectivity index is 2.69. The molecule has 1 aromatic rings. The third-order valence-electron chi connectivity index (χ3n) is 3.39. The van der Waals surface area contributed by atoms with Crippen LogP contribution in [0.3, 0.4) is 0 Å². The van der Waals surface area contributed by atoms with Gasteiger partial charge in [0.25, 0.3) is 0 Å². The van der Waals surface area contributed by atoms with Gasteiger partial charge in [-0.25, -0.2) is 0 Å². The molecule has 2 atom stereocenters. The van der Waals surface area contributed by atoms with Crippen molar-refractivity contribution in [1.29, 1.82) is 0 Å². The van der Waals surface area contributed by atoms with Crippen molar-refractivity contribution in [2.45, 2.75) is 66.0 Å². The fraction of sp³-hybridized carbons (Fsp3) is 0.786. The molecule has 0 spiro atoms. The van der Waals surface area contributed by atoms with Gasteiger partial charge in [0.1, 0.15) is 0 Å². The van der Waals surface area contributed by atoms with Crippen LogP contribution in [-0.2, 0) is 19.4 Å². The number of aliphatic hydroxyl groups is 1. The quantitative estimate of drug-likeness (QED) is 0.793. The van der Waals surface area contributed by atoms with Crippen LogP contribution in [0.4, 0.5) is 0 Å². The van der Waals surface area contributed by atoms with Gasteiger partial charge in [0.15, 0.2) is 0 Å². The lowest BCUT2D eigenvalue weighted by Gasteiger charge is -2.18. The fourth-order valence-electron chi connectivity index (χ4n) is 2.19. The molecule has 0 radical (unpaired) electrons. The molecule has 3 heteroatoms. The number of aliphatic hydroxyl groups excluding tert-OH is 1. The summed E-state index contributed by atoms with van der Waals surface area (Å²) in [5, 5.41) is 14.7. The Bertz CT molecular complexity index is 333. The lowest BCUT2D eigenvalue weighted by atomic mass is 9.96. The first-order chi connectivity index (χ1) is 8.12. The van der Waals surface area contributed by atoms with E-state index < -0.39 is 0 Å². The Labute approximate surface area is 105 Å². The minimum absolute atomic E-state index is 0.248. The number of rotatable bonds is 7. The van der Waals surface area contributed by atoms with E-state index in [0.717, 1.165) is 37.9 Å². The molecule has 0 saturated heterocycles. The highest BCUT2D eigenvalue weighted by Crippen LogP contribution is 2.16. The highest BCUT2D eigenvalue weighted by Gasteiger charge is 2.16. The first-order valence-electron chi connectivity index (χ1n) is 6.85. The molecule has 17 heavy (non-hydrogen) atoms. The summed E-state index contributed by atoms with van der Waals surface area (Å²) in [5.74, 6) is 0.366. The molecule has 0 aliphatic carbocycles. The first kappa shape index (κ1) is 14.2. The molecule has 98 valence electrons. The van der Waals surface area contributed by atoms with Crippen LogP contribution in [0.1, 0.15) is 51.9 Å². The molecular weight excluding hydrogens is 212 g/mol. The maximum atomic E-state index is 10.2. The van der Waals surface area contributed by atoms with E-state index in [1.54, 1.807) is 0 Å². The van der Waals surface area contributed by atoms with Crippen LogP contribution in [0.2, 0.25) is 0 Å². The van der Waals surface area contributed by atoms with Gasteiger partial charge >= 0.3 is 0 Å². The average molecular weight is 238 g/mol. The summed E-state index contributed by atoms with van der Waals surface area (Å²) >= 11 is 0. The second kappa shape index (κ2) is 6.80. The van der Waals surface area contributed by atoms with Gasteiger partial charge in [0.05, 0.1) is 11.8 Å². The number of aryl methyl sites for hydroxylation is 2. The molecule has 0 aliphatic rings. The highest BCUT2D eigenvalue weighted by molar-refractivity contribution is 5.11. The maximum Gasteiger partial charge on any atom is 0.0624 e. The summed E-state index contributed by atoms with van der Waals surface area (Å²) < 4.78 is 2.01. The van der Waals surface area contributed by atoms with Gasteiger partial charge in [-0.1, -0.05) is 27.2 Å². The zero-order chi connectivity index (χ0) is 12.8. The second-order valence-corrected chi connectivity index (χ2v) is 4.83. The maximum absolute atomic E-state index is 10.2. The number of hydrogen-bond acceptors (Lipinski definition) is 2. The molecule has 1 N–H and O–H groups in total. The van der Waals surface area contributed by atoms with Gasteiger partial charge < -0.3 is 5.11 Å². The van der Waals surface area contributed by atoms with E-state index in [4.69, 9.17) is 0 Å². The third kappa shape index (κ3) is 3.84. The minimum atomic E-state index is -0.248. The molecule has 0 fully saturated rings. The van der Waals surface area contributed by atoms with Crippen LogP contribution in [0.25, 0.3) is 0 Å². The predicted octanol–water partition coefficient (Wildman–Crippen LogP) is 2.81. The SMILES string of the molecule is CCCC(C)C(O)Cc1cc(CC)nn1CC. The van der Waals surface area contributed by atoms with Gasteiger partial charge in [-0.15, -0.1) is 0 Å². The zero-order valence-corrected chi connectivity index (χ0v) is 11.6. The van der Waals surface area contributed by atoms with Gasteiger partial charge in [0.2, 0.25) is 0 Å². The molecule has 0 saturated carbocycles. The van der Waals surface area contributed by atoms with Gasteiger partial charge in [-0.3, -0.25) is 4.68 Å². The molecule has 1 aromatic heterocycles. The summed E-state index contributed by atoms with van der Waals surface area (Å²) in [6, 6.07) is 2.13. The molecule has 0 bridgehead atoms. The largest absolute Gasteiger partial charge is 0.392 e. The monoisotopic (exact) mass is 238 g/mol. The van der Waals surface area contributed by atoms with Crippen LogP contribution >= 0.6 is 0 Å². The summed E-state index contributed by atoms with van der Waals surface area (Å²) in [4.78, 5) is 0. The Hall–Kier alpha value is -0.830. The topological polar surface area (TPSA) is 38.1 Å². The average Bonchev–Trinajstić information content (AvgIpc) is 2.71. The smallest absolute Gasteiger partial charge is 0.0624 e. The van der Waals surface area contributed by atoms with E-state index in [2.05, 4.69) is 38.9 Å². The Kier molecular flexibility index (Phi) is 5.69. The van der Waals surface area contributed by atoms with E-state index in [9.17, 15) is 5.11 Å². The Morgan fingerprint density at radius 3 is 2.59 bits per heavy atom. The van der Waals surface area contributed by atoms with Crippen molar-refractivity contribution in [3.63, 3.8) is 0 Å². The third-order valence-corrected chi connectivity index (χ3v) is 3.39. The molecule has 1 rings (SSSR count). The molecular formula is C14H26N2O. The van der Waals surface area contributed by atoms with Crippen LogP contribution in [0, 0.1) is 5.92 Å². The van der Waals surface area contributed by atoms with Crippen molar-refractivity contribution in [1.82, 2.24) is 9.78 Å². The Morgan fingerprint density at radius 2 is 2.06 bits per heavy atom. The van der Waals surface area contributed by atoms with Crippen molar-refractivity contribution in [2.24, 2.45) is 5.92 Å². The van der Waals surface area contributed by atoms with E-state index in [-0.39, 0.29) is 6.10 Å². The van der Waals surface area contributed by atoms with Crippen LogP contribution in [-0.4, -0.2) is 21.0 Å². The molecule has 0 aliphatic heterocycles. The van der Waals surface area contributed by atoms with E-state index in [1.807, 2.05) is 4.68 Å². The standard InChI is InChI=1S/C14H26N2O/c1-5-8-11(4)14(17)10-13-9-12(6-2)15-16(13)7-3/h9,11,14,17H,5-8,10H2,1-4H3. The first-order valence-corrected chi connectivity index (χ1v) is 6.85. The summed E-state index contributed by atoms with van der Waals surface area (Å²) in [6.45, 7) is 9.38. The molecule has 0 aromatic carbocycles. The lowest BCUT2D eigenvalue weighted by molar-refractivity contribution is 0.109. The number of aromatic nitrogens is 2. The number of hydrogen-bond donors (Lipinski definition) is 1. The van der Waals surface area contributed by atoms with Crippen molar-refractivity contribution >= 4 is 0 Å². The lowest BCUT2D eigenvalue weighted by Crippen LogP contribution is -2.22. The summed E-state index contributed by atoms with van der Waals surface area (Å²) in [6.07, 6.45) is 3.65. The zero-order valence-electron chi connectivity index (χ0n) is 11.6. The van der Waals surface area contributed by atoms with Crippen LogP contribution < -0.4 is 0 Å². The van der Waals surface area contributed by atoms with Gasteiger partial charge in [-0.05, 0) is 31.7 Å². The van der Waals surface area contributed by atoms with Crippen LogP contribution in [0.5, 0.6) is 0 Å². The van der Waals surface area contributed by atoms with E-state index >= 15 is 0 Å². The Morgan fingerprint density at radius 1 is 1.35 bits per heavy atom. The predicted molar refractivity (Wildman–Crippen MR) is 71.1 cm³/mol. The van der Waals surface area contributed by atoms with Crippen molar-refractivity contribution in [3.05, 3.63) is 17.5 Å². The van der Waals surface area contributed by atoms with Crippen LogP contribution in [0.15, 0.2) is 6.07 Å². The normalized spacial score (nSPS) is 14.9. The van der Waals surface area contributed by atoms with Crippen molar-refractivity contribution in [2.75, 3.05) is 0 Å². The molecule has 3 nitrogen and oxygen atoms in total. The van der Waals surface area contributed by atoms with Crippen molar-refractivity contribution < 1.29 is 5.11 Å². The molecule has 0 amide bonds. The molecule has 2 unspecified atom stereocenters. The molecule has 1 heterocycles.